The summed E-state index contributed by atoms with van der Waals surface area (Å²) in [6, 6.07) is 7.89. The molecule has 1 heterocycles. The summed E-state index contributed by atoms with van der Waals surface area (Å²) in [6.45, 7) is 3.80. The minimum absolute atomic E-state index is 0.0761. The van der Waals surface area contributed by atoms with E-state index in [1.165, 1.54) is 0 Å². The molecule has 1 atom stereocenters. The van der Waals surface area contributed by atoms with Gasteiger partial charge in [-0.3, -0.25) is 4.79 Å². The number of nitrogens with one attached hydrogen (secondary N) is 1. The number of imidazole rings is 1. The molecule has 5 heteroatoms. The van der Waals surface area contributed by atoms with Gasteiger partial charge in [0.2, 0.25) is 0 Å². The van der Waals surface area contributed by atoms with E-state index in [1.807, 2.05) is 38.1 Å². The van der Waals surface area contributed by atoms with Crippen LogP contribution in [0.25, 0.3) is 11.3 Å². The van der Waals surface area contributed by atoms with E-state index in [2.05, 4.69) is 25.9 Å². The predicted molar refractivity (Wildman–Crippen MR) is 77.1 cm³/mol. The van der Waals surface area contributed by atoms with Crippen LogP contribution in [0.15, 0.2) is 28.7 Å². The molecule has 2 aromatic rings. The van der Waals surface area contributed by atoms with E-state index >= 15 is 0 Å². The molecular formula is C14H15BrN2O2. The summed E-state index contributed by atoms with van der Waals surface area (Å²) in [4.78, 5) is 18.4. The van der Waals surface area contributed by atoms with Crippen LogP contribution in [-0.4, -0.2) is 21.0 Å². The zero-order chi connectivity index (χ0) is 14.0. The second-order valence-corrected chi connectivity index (χ2v) is 5.52. The molecule has 2 rings (SSSR count). The highest BCUT2D eigenvalue weighted by Crippen LogP contribution is 2.26. The Morgan fingerprint density at radius 1 is 1.42 bits per heavy atom. The van der Waals surface area contributed by atoms with Gasteiger partial charge in [0.05, 0.1) is 12.1 Å². The Labute approximate surface area is 120 Å². The Morgan fingerprint density at radius 2 is 2.05 bits per heavy atom. The molecule has 4 nitrogen and oxygen atoms in total. The van der Waals surface area contributed by atoms with E-state index in [0.717, 1.165) is 27.2 Å². The number of hydrogen-bond donors (Lipinski definition) is 2. The quantitative estimate of drug-likeness (QED) is 0.901. The number of hydrogen-bond acceptors (Lipinski definition) is 2. The molecule has 0 spiro atoms. The van der Waals surface area contributed by atoms with E-state index in [9.17, 15) is 4.79 Å². The van der Waals surface area contributed by atoms with Crippen molar-refractivity contribution in [3.63, 3.8) is 0 Å². The minimum atomic E-state index is -0.813. The zero-order valence-corrected chi connectivity index (χ0v) is 12.4. The Morgan fingerprint density at radius 3 is 2.63 bits per heavy atom. The minimum Gasteiger partial charge on any atom is -0.481 e. The maximum Gasteiger partial charge on any atom is 0.304 e. The van der Waals surface area contributed by atoms with Crippen LogP contribution in [0.4, 0.5) is 0 Å². The van der Waals surface area contributed by atoms with Gasteiger partial charge in [-0.25, -0.2) is 4.98 Å². The van der Waals surface area contributed by atoms with Crippen molar-refractivity contribution in [1.82, 2.24) is 9.97 Å². The molecule has 1 aromatic heterocycles. The summed E-state index contributed by atoms with van der Waals surface area (Å²) in [7, 11) is 0. The molecule has 0 aliphatic carbocycles. The van der Waals surface area contributed by atoms with E-state index < -0.39 is 5.97 Å². The summed E-state index contributed by atoms with van der Waals surface area (Å²) >= 11 is 3.40. The average Bonchev–Trinajstić information content (AvgIpc) is 2.72. The van der Waals surface area contributed by atoms with Crippen LogP contribution in [0.5, 0.6) is 0 Å². The molecule has 100 valence electrons. The standard InChI is InChI=1S/C14H15BrN2O2/c1-8(7-12(18)19)14-16-9(2)13(17-14)10-3-5-11(15)6-4-10/h3-6,8H,7H2,1-2H3,(H,16,17)(H,18,19). The maximum atomic E-state index is 10.7. The fourth-order valence-corrected chi connectivity index (χ4v) is 2.23. The van der Waals surface area contributed by atoms with Gasteiger partial charge in [-0.15, -0.1) is 0 Å². The maximum absolute atomic E-state index is 10.7. The summed E-state index contributed by atoms with van der Waals surface area (Å²) in [5, 5.41) is 8.82. The molecule has 19 heavy (non-hydrogen) atoms. The number of rotatable bonds is 4. The Bertz CT molecular complexity index is 590. The molecule has 2 N–H and O–H groups in total. The molecule has 0 bridgehead atoms. The lowest BCUT2D eigenvalue weighted by molar-refractivity contribution is -0.137. The van der Waals surface area contributed by atoms with Crippen LogP contribution in [0, 0.1) is 6.92 Å². The number of aliphatic carboxylic acids is 1. The van der Waals surface area contributed by atoms with Crippen molar-refractivity contribution in [2.75, 3.05) is 0 Å². The van der Waals surface area contributed by atoms with Gasteiger partial charge in [-0.05, 0) is 19.1 Å². The van der Waals surface area contributed by atoms with Gasteiger partial charge in [0.1, 0.15) is 5.82 Å². The molecular weight excluding hydrogens is 308 g/mol. The summed E-state index contributed by atoms with van der Waals surface area (Å²) < 4.78 is 1.02. The van der Waals surface area contributed by atoms with E-state index in [0.29, 0.717) is 0 Å². The van der Waals surface area contributed by atoms with Crippen LogP contribution in [0.3, 0.4) is 0 Å². The van der Waals surface area contributed by atoms with Gasteiger partial charge in [-0.1, -0.05) is 35.0 Å². The van der Waals surface area contributed by atoms with Crippen LogP contribution in [-0.2, 0) is 4.79 Å². The van der Waals surface area contributed by atoms with Gasteiger partial charge in [-0.2, -0.15) is 0 Å². The first kappa shape index (κ1) is 13.8. The highest BCUT2D eigenvalue weighted by Gasteiger charge is 2.16. The average molecular weight is 323 g/mol. The van der Waals surface area contributed by atoms with Gasteiger partial charge < -0.3 is 10.1 Å². The number of carboxylic acids is 1. The monoisotopic (exact) mass is 322 g/mol. The summed E-state index contributed by atoms with van der Waals surface area (Å²) in [6.07, 6.45) is 0.0761. The van der Waals surface area contributed by atoms with E-state index in [1.54, 1.807) is 0 Å². The number of nitrogens with zero attached hydrogens (tertiary/aromatic N) is 1. The van der Waals surface area contributed by atoms with E-state index in [-0.39, 0.29) is 12.3 Å². The fraction of sp³-hybridized carbons (Fsp3) is 0.286. The number of benzene rings is 1. The Hall–Kier alpha value is -1.62. The highest BCUT2D eigenvalue weighted by atomic mass is 79.9. The summed E-state index contributed by atoms with van der Waals surface area (Å²) in [5.41, 5.74) is 2.85. The first-order chi connectivity index (χ1) is 8.97. The van der Waals surface area contributed by atoms with Gasteiger partial charge in [0.25, 0.3) is 0 Å². The van der Waals surface area contributed by atoms with Crippen LogP contribution < -0.4 is 0 Å². The predicted octanol–water partition coefficient (Wildman–Crippen LogP) is 3.73. The fourth-order valence-electron chi connectivity index (χ4n) is 1.96. The molecule has 0 amide bonds. The number of aryl methyl sites for hydroxylation is 1. The molecule has 0 aliphatic heterocycles. The SMILES string of the molecule is Cc1[nH]c(C(C)CC(=O)O)nc1-c1ccc(Br)cc1. The van der Waals surface area contributed by atoms with Crippen LogP contribution >= 0.6 is 15.9 Å². The van der Waals surface area contributed by atoms with Gasteiger partial charge >= 0.3 is 5.97 Å². The third kappa shape index (κ3) is 3.23. The lowest BCUT2D eigenvalue weighted by Crippen LogP contribution is -2.04. The number of carbonyl (C=O) groups is 1. The summed E-state index contributed by atoms with van der Waals surface area (Å²) in [5.74, 6) is -0.218. The number of aromatic amines is 1. The normalized spacial score (nSPS) is 12.4. The first-order valence-electron chi connectivity index (χ1n) is 6.01. The van der Waals surface area contributed by atoms with Crippen LogP contribution in [0.2, 0.25) is 0 Å². The highest BCUT2D eigenvalue weighted by molar-refractivity contribution is 9.10. The molecule has 0 radical (unpaired) electrons. The van der Waals surface area contributed by atoms with Crippen molar-refractivity contribution in [3.05, 3.63) is 40.3 Å². The molecule has 0 aliphatic rings. The van der Waals surface area contributed by atoms with Crippen molar-refractivity contribution in [2.45, 2.75) is 26.2 Å². The largest absolute Gasteiger partial charge is 0.481 e. The second-order valence-electron chi connectivity index (χ2n) is 4.60. The van der Waals surface area contributed by atoms with Crippen LogP contribution in [0.1, 0.15) is 30.8 Å². The van der Waals surface area contributed by atoms with Crippen molar-refractivity contribution in [2.24, 2.45) is 0 Å². The lowest BCUT2D eigenvalue weighted by atomic mass is 10.1. The van der Waals surface area contributed by atoms with Crippen molar-refractivity contribution >= 4 is 21.9 Å². The number of carboxylic acid groups (broad SMARTS) is 1. The third-order valence-corrected chi connectivity index (χ3v) is 3.50. The van der Waals surface area contributed by atoms with Gasteiger partial charge in [0.15, 0.2) is 0 Å². The van der Waals surface area contributed by atoms with Crippen molar-refractivity contribution in [1.29, 1.82) is 0 Å². The zero-order valence-electron chi connectivity index (χ0n) is 10.8. The Kier molecular flexibility index (Phi) is 4.04. The van der Waals surface area contributed by atoms with E-state index in [4.69, 9.17) is 5.11 Å². The lowest BCUT2D eigenvalue weighted by Gasteiger charge is -2.03. The molecule has 0 saturated heterocycles. The second kappa shape index (κ2) is 5.57. The third-order valence-electron chi connectivity index (χ3n) is 2.97. The molecule has 1 aromatic carbocycles. The number of aromatic nitrogens is 2. The first-order valence-corrected chi connectivity index (χ1v) is 6.81. The Balaban J connectivity index is 2.30. The molecule has 0 fully saturated rings. The molecule has 0 saturated carbocycles. The molecule has 1 unspecified atom stereocenters. The number of H-pyrrole nitrogens is 1. The van der Waals surface area contributed by atoms with Crippen molar-refractivity contribution in [3.8, 4) is 11.3 Å². The smallest absolute Gasteiger partial charge is 0.304 e. The topological polar surface area (TPSA) is 66.0 Å². The number of halogens is 1. The van der Waals surface area contributed by atoms with Crippen molar-refractivity contribution < 1.29 is 9.90 Å². The van der Waals surface area contributed by atoms with Gasteiger partial charge in [0, 0.05) is 21.6 Å².